The van der Waals surface area contributed by atoms with E-state index in [2.05, 4.69) is 0 Å². The molecule has 1 unspecified atom stereocenters. The molecule has 4 nitrogen and oxygen atoms in total. The van der Waals surface area contributed by atoms with Crippen LogP contribution in [0.5, 0.6) is 0 Å². The van der Waals surface area contributed by atoms with Gasteiger partial charge < -0.3 is 20.5 Å². The van der Waals surface area contributed by atoms with Gasteiger partial charge in [0.2, 0.25) is 0 Å². The van der Waals surface area contributed by atoms with E-state index in [0.29, 0.717) is 0 Å². The zero-order chi connectivity index (χ0) is 6.78. The lowest BCUT2D eigenvalue weighted by Gasteiger charge is -2.29. The molecule has 0 heterocycles. The maximum atomic E-state index is 10.3. The number of aliphatic hydroxyl groups is 2. The molecule has 0 spiro atoms. The lowest BCUT2D eigenvalue weighted by Crippen LogP contribution is -3.15. The van der Waals surface area contributed by atoms with Crippen molar-refractivity contribution in [1.29, 1.82) is 0 Å². The minimum absolute atomic E-state index is 0.156. The lowest BCUT2D eigenvalue weighted by molar-refractivity contribution is -0.960. The van der Waals surface area contributed by atoms with Gasteiger partial charge in [-0.2, -0.15) is 0 Å². The van der Waals surface area contributed by atoms with Gasteiger partial charge in [0.1, 0.15) is 0 Å². The van der Waals surface area contributed by atoms with Crippen molar-refractivity contribution < 1.29 is 15.3 Å². The quantitative estimate of drug-likeness (QED) is 0.294. The Morgan fingerprint density at radius 2 is 2.00 bits per heavy atom. The smallest absolute Gasteiger partial charge is 0.309 e. The average molecular weight is 121 g/mol. The van der Waals surface area contributed by atoms with E-state index in [1.807, 2.05) is 0 Å². The molecular weight excluding hydrogens is 110 g/mol. The molecule has 0 aromatic carbocycles. The van der Waals surface area contributed by atoms with Crippen LogP contribution in [0, 0.1) is 5.21 Å². The number of hydrogen-bond acceptors (Lipinski definition) is 3. The van der Waals surface area contributed by atoms with E-state index in [4.69, 9.17) is 10.2 Å². The van der Waals surface area contributed by atoms with Crippen LogP contribution in [0.15, 0.2) is 0 Å². The summed E-state index contributed by atoms with van der Waals surface area (Å²) in [6.07, 6.45) is 0. The number of nitrogens with one attached hydrogen (secondary N) is 1. The third-order valence-corrected chi connectivity index (χ3v) is 0.849. The maximum absolute atomic E-state index is 10.3. The van der Waals surface area contributed by atoms with Crippen LogP contribution in [0.25, 0.3) is 0 Å². The summed E-state index contributed by atoms with van der Waals surface area (Å²) >= 11 is 0. The van der Waals surface area contributed by atoms with Crippen molar-refractivity contribution in [2.45, 2.75) is 19.8 Å². The minimum Gasteiger partial charge on any atom is -0.630 e. The van der Waals surface area contributed by atoms with Gasteiger partial charge >= 0.3 is 5.91 Å². The highest BCUT2D eigenvalue weighted by Crippen LogP contribution is 1.79. The Labute approximate surface area is 47.9 Å². The Kier molecular flexibility index (Phi) is 2.36. The van der Waals surface area contributed by atoms with Crippen molar-refractivity contribution in [1.82, 2.24) is 0 Å². The van der Waals surface area contributed by atoms with Crippen molar-refractivity contribution in [3.05, 3.63) is 5.21 Å². The first-order valence-corrected chi connectivity index (χ1v) is 2.46. The molecule has 3 N–H and O–H groups in total. The molecule has 0 saturated carbocycles. The summed E-state index contributed by atoms with van der Waals surface area (Å²) in [5, 5.41) is 26.8. The SMILES string of the molecule is CC[NH+]([O-])C(C)(O)O. The minimum atomic E-state index is -2.13. The monoisotopic (exact) mass is 121 g/mol. The highest BCUT2D eigenvalue weighted by atomic mass is 16.6. The summed E-state index contributed by atoms with van der Waals surface area (Å²) in [4.78, 5) is 0. The molecule has 50 valence electrons. The molecule has 0 aliphatic carbocycles. The molecule has 0 aliphatic rings. The van der Waals surface area contributed by atoms with Crippen molar-refractivity contribution in [3.63, 3.8) is 0 Å². The average Bonchev–Trinajstić information content (AvgIpc) is 1.62. The van der Waals surface area contributed by atoms with Crippen molar-refractivity contribution in [2.75, 3.05) is 6.54 Å². The summed E-state index contributed by atoms with van der Waals surface area (Å²) in [7, 11) is 0. The Morgan fingerprint density at radius 3 is 2.00 bits per heavy atom. The van der Waals surface area contributed by atoms with Crippen LogP contribution < -0.4 is 5.06 Å². The molecular formula is C4H11NO3. The summed E-state index contributed by atoms with van der Waals surface area (Å²) in [5.74, 6) is -2.13. The molecule has 8 heavy (non-hydrogen) atoms. The van der Waals surface area contributed by atoms with Gasteiger partial charge in [-0.1, -0.05) is 0 Å². The van der Waals surface area contributed by atoms with Gasteiger partial charge in [-0.15, -0.1) is 0 Å². The van der Waals surface area contributed by atoms with Gasteiger partial charge in [-0.05, 0) is 6.92 Å². The van der Waals surface area contributed by atoms with E-state index >= 15 is 0 Å². The van der Waals surface area contributed by atoms with Crippen molar-refractivity contribution in [3.8, 4) is 0 Å². The van der Waals surface area contributed by atoms with Gasteiger partial charge in [-0.25, -0.2) is 0 Å². The maximum Gasteiger partial charge on any atom is 0.309 e. The fourth-order valence-corrected chi connectivity index (χ4v) is 0.335. The first-order valence-electron chi connectivity index (χ1n) is 2.46. The van der Waals surface area contributed by atoms with E-state index in [1.54, 1.807) is 6.92 Å². The van der Waals surface area contributed by atoms with Crippen LogP contribution in [-0.2, 0) is 0 Å². The van der Waals surface area contributed by atoms with Crippen LogP contribution in [0.2, 0.25) is 0 Å². The van der Waals surface area contributed by atoms with Gasteiger partial charge in [-0.3, -0.25) is 0 Å². The summed E-state index contributed by atoms with van der Waals surface area (Å²) in [6.45, 7) is 2.79. The molecule has 0 saturated heterocycles. The van der Waals surface area contributed by atoms with Gasteiger partial charge in [0.05, 0.1) is 6.54 Å². The van der Waals surface area contributed by atoms with Crippen molar-refractivity contribution in [2.24, 2.45) is 0 Å². The normalized spacial score (nSPS) is 16.1. The van der Waals surface area contributed by atoms with Crippen LogP contribution in [-0.4, -0.2) is 22.7 Å². The third-order valence-electron chi connectivity index (χ3n) is 0.849. The van der Waals surface area contributed by atoms with Gasteiger partial charge in [0.15, 0.2) is 0 Å². The molecule has 0 aromatic heterocycles. The van der Waals surface area contributed by atoms with Gasteiger partial charge in [0, 0.05) is 6.92 Å². The standard InChI is InChI=1S/C4H11NO3/c1-3-5(8)4(2,6)7/h5-7H,3H2,1-2H3. The first-order chi connectivity index (χ1) is 3.48. The zero-order valence-electron chi connectivity index (χ0n) is 5.01. The largest absolute Gasteiger partial charge is 0.630 e. The lowest BCUT2D eigenvalue weighted by atomic mass is 10.5. The van der Waals surface area contributed by atoms with Crippen LogP contribution >= 0.6 is 0 Å². The molecule has 0 rings (SSSR count). The number of hydrogen-bond donors (Lipinski definition) is 3. The molecule has 4 heteroatoms. The molecule has 0 amide bonds. The first kappa shape index (κ1) is 7.84. The van der Waals surface area contributed by atoms with Gasteiger partial charge in [0.25, 0.3) is 0 Å². The summed E-state index contributed by atoms with van der Waals surface area (Å²) in [6, 6.07) is 0. The van der Waals surface area contributed by atoms with Crippen LogP contribution in [0.3, 0.4) is 0 Å². The van der Waals surface area contributed by atoms with E-state index in [0.717, 1.165) is 6.92 Å². The van der Waals surface area contributed by atoms with Crippen molar-refractivity contribution >= 4 is 0 Å². The predicted molar refractivity (Wildman–Crippen MR) is 27.7 cm³/mol. The second-order valence-corrected chi connectivity index (χ2v) is 1.80. The summed E-state index contributed by atoms with van der Waals surface area (Å²) < 4.78 is 0. The Hall–Kier alpha value is -0.160. The number of quaternary nitrogens is 1. The van der Waals surface area contributed by atoms with Crippen LogP contribution in [0.4, 0.5) is 0 Å². The third kappa shape index (κ3) is 2.23. The van der Waals surface area contributed by atoms with E-state index in [1.165, 1.54) is 0 Å². The molecule has 1 atom stereocenters. The Balaban J connectivity index is 3.62. The highest BCUT2D eigenvalue weighted by Gasteiger charge is 2.21. The van der Waals surface area contributed by atoms with E-state index < -0.39 is 11.0 Å². The molecule has 0 radical (unpaired) electrons. The topological polar surface area (TPSA) is 68.0 Å². The molecule has 0 bridgehead atoms. The number of hydroxylamine groups is 2. The second kappa shape index (κ2) is 2.41. The van der Waals surface area contributed by atoms with E-state index in [9.17, 15) is 5.21 Å². The summed E-state index contributed by atoms with van der Waals surface area (Å²) in [5.41, 5.74) is 0. The predicted octanol–water partition coefficient (Wildman–Crippen LogP) is -1.95. The Morgan fingerprint density at radius 1 is 1.62 bits per heavy atom. The molecule has 0 aromatic rings. The highest BCUT2D eigenvalue weighted by molar-refractivity contribution is 4.31. The molecule has 0 aliphatic heterocycles. The van der Waals surface area contributed by atoms with Crippen LogP contribution in [0.1, 0.15) is 13.8 Å². The fraction of sp³-hybridized carbons (Fsp3) is 1.00. The second-order valence-electron chi connectivity index (χ2n) is 1.80. The zero-order valence-corrected chi connectivity index (χ0v) is 5.01. The Bertz CT molecular complexity index is 68.2. The van der Waals surface area contributed by atoms with E-state index in [-0.39, 0.29) is 6.54 Å². The molecule has 0 fully saturated rings. The number of rotatable bonds is 2. The fourth-order valence-electron chi connectivity index (χ4n) is 0.335.